The van der Waals surface area contributed by atoms with Gasteiger partial charge in [0.1, 0.15) is 29.1 Å². The van der Waals surface area contributed by atoms with Crippen LogP contribution in [0.2, 0.25) is 0 Å². The van der Waals surface area contributed by atoms with E-state index in [0.29, 0.717) is 22.8 Å². The predicted octanol–water partition coefficient (Wildman–Crippen LogP) is 2.78. The highest BCUT2D eigenvalue weighted by Gasteiger charge is 2.53. The van der Waals surface area contributed by atoms with E-state index in [9.17, 15) is 23.9 Å². The van der Waals surface area contributed by atoms with E-state index in [1.54, 1.807) is 18.2 Å². The Hall–Kier alpha value is -3.55. The van der Waals surface area contributed by atoms with Gasteiger partial charge in [-0.3, -0.25) is 14.2 Å². The predicted molar refractivity (Wildman–Crippen MR) is 111 cm³/mol. The Balaban J connectivity index is 1.60. The molecule has 0 bridgehead atoms. The lowest BCUT2D eigenvalue weighted by Crippen LogP contribution is -2.47. The number of aldehydes is 1. The van der Waals surface area contributed by atoms with E-state index in [1.165, 1.54) is 31.2 Å². The van der Waals surface area contributed by atoms with Crippen molar-refractivity contribution < 1.29 is 19.1 Å². The second-order valence-corrected chi connectivity index (χ2v) is 8.49. The van der Waals surface area contributed by atoms with Crippen LogP contribution in [-0.2, 0) is 11.3 Å². The fourth-order valence-electron chi connectivity index (χ4n) is 4.49. The molecule has 2 heterocycles. The molecule has 5 rings (SSSR count). The molecule has 2 aliphatic rings. The van der Waals surface area contributed by atoms with Gasteiger partial charge in [-0.15, -0.1) is 0 Å². The van der Waals surface area contributed by atoms with E-state index in [0.717, 1.165) is 17.4 Å². The number of pyridine rings is 2. The summed E-state index contributed by atoms with van der Waals surface area (Å²) in [5.41, 5.74) is 0.521. The summed E-state index contributed by atoms with van der Waals surface area (Å²) in [4.78, 5) is 41.3. The Labute approximate surface area is 176 Å². The molecule has 8 heteroatoms. The van der Waals surface area contributed by atoms with Crippen LogP contribution in [0.5, 0.6) is 5.75 Å². The van der Waals surface area contributed by atoms with Crippen molar-refractivity contribution in [2.24, 2.45) is 5.41 Å². The largest absolute Gasteiger partial charge is 0.506 e. The summed E-state index contributed by atoms with van der Waals surface area (Å²) in [7, 11) is 0. The minimum absolute atomic E-state index is 0.0207. The monoisotopic (exact) mass is 421 g/mol. The number of fused-ring (bicyclic) bond motifs is 1. The van der Waals surface area contributed by atoms with Gasteiger partial charge < -0.3 is 15.2 Å². The van der Waals surface area contributed by atoms with Gasteiger partial charge in [0.05, 0.1) is 11.9 Å². The highest BCUT2D eigenvalue weighted by Crippen LogP contribution is 2.60. The zero-order valence-electron chi connectivity index (χ0n) is 16.6. The van der Waals surface area contributed by atoms with Crippen molar-refractivity contribution in [3.8, 4) is 16.9 Å². The number of hydrogen-bond donors (Lipinski definition) is 2. The number of aromatic hydroxyl groups is 1. The number of rotatable bonds is 5. The topological polar surface area (TPSA) is 101 Å². The Kier molecular flexibility index (Phi) is 4.39. The molecule has 2 fully saturated rings. The summed E-state index contributed by atoms with van der Waals surface area (Å²) in [5.74, 6) is -1.52. The van der Waals surface area contributed by atoms with Gasteiger partial charge in [-0.05, 0) is 54.9 Å². The standard InChI is InChI=1S/C23H20FN3O4/c24-15-3-1-13(2-4-15)14-9-17-19(29)18(21(30)26-16-10-23(11-16)5-6-23)22(31)27(7-8-28)20(17)25-12-14/h1-4,8-9,12,16,29H,5-7,10-11H2,(H,26,30). The third kappa shape index (κ3) is 3.28. The van der Waals surface area contributed by atoms with Crippen molar-refractivity contribution in [1.29, 1.82) is 0 Å². The average Bonchev–Trinajstić information content (AvgIpc) is 3.52. The molecular formula is C23H20FN3O4. The normalized spacial score (nSPS) is 16.8. The fraction of sp³-hybridized carbons (Fsp3) is 0.304. The van der Waals surface area contributed by atoms with Gasteiger partial charge in [0, 0.05) is 17.8 Å². The summed E-state index contributed by atoms with van der Waals surface area (Å²) in [6.45, 7) is -0.300. The van der Waals surface area contributed by atoms with Crippen molar-refractivity contribution in [2.75, 3.05) is 0 Å². The number of benzene rings is 1. The number of carbonyl (C=O) groups excluding carboxylic acids is 2. The molecule has 7 nitrogen and oxygen atoms in total. The van der Waals surface area contributed by atoms with E-state index in [-0.39, 0.29) is 29.4 Å². The SMILES string of the molecule is O=CCn1c(=O)c(C(=O)NC2CC3(CC3)C2)c(O)c2cc(-c3ccc(F)cc3)cnc21. The lowest BCUT2D eigenvalue weighted by atomic mass is 9.77. The highest BCUT2D eigenvalue weighted by atomic mass is 19.1. The van der Waals surface area contributed by atoms with Gasteiger partial charge in [-0.2, -0.15) is 0 Å². The molecule has 2 saturated carbocycles. The number of nitrogens with zero attached hydrogens (tertiary/aromatic N) is 2. The maximum atomic E-state index is 13.3. The first-order valence-corrected chi connectivity index (χ1v) is 10.2. The van der Waals surface area contributed by atoms with Gasteiger partial charge in [-0.25, -0.2) is 9.37 Å². The fourth-order valence-corrected chi connectivity index (χ4v) is 4.49. The van der Waals surface area contributed by atoms with Crippen LogP contribution < -0.4 is 10.9 Å². The highest BCUT2D eigenvalue weighted by molar-refractivity contribution is 6.02. The van der Waals surface area contributed by atoms with E-state index in [4.69, 9.17) is 0 Å². The van der Waals surface area contributed by atoms with E-state index in [1.807, 2.05) is 0 Å². The molecule has 2 N–H and O–H groups in total. The maximum absolute atomic E-state index is 13.3. The number of nitrogens with one attached hydrogen (secondary N) is 1. The summed E-state index contributed by atoms with van der Waals surface area (Å²) in [6.07, 6.45) is 6.11. The van der Waals surface area contributed by atoms with Crippen molar-refractivity contribution in [3.05, 3.63) is 58.3 Å². The van der Waals surface area contributed by atoms with Gasteiger partial charge in [-0.1, -0.05) is 12.1 Å². The second kappa shape index (κ2) is 7.01. The molecule has 3 aromatic rings. The summed E-state index contributed by atoms with van der Waals surface area (Å²) in [6, 6.07) is 7.29. The molecule has 1 aromatic carbocycles. The number of halogens is 1. The quantitative estimate of drug-likeness (QED) is 0.617. The van der Waals surface area contributed by atoms with Gasteiger partial charge in [0.15, 0.2) is 0 Å². The molecule has 31 heavy (non-hydrogen) atoms. The van der Waals surface area contributed by atoms with Crippen molar-refractivity contribution in [2.45, 2.75) is 38.3 Å². The molecule has 0 saturated heterocycles. The van der Waals surface area contributed by atoms with Crippen molar-refractivity contribution in [3.63, 3.8) is 0 Å². The summed E-state index contributed by atoms with van der Waals surface area (Å²) in [5, 5.41) is 13.9. The molecule has 0 atom stereocenters. The zero-order valence-corrected chi connectivity index (χ0v) is 16.6. The Morgan fingerprint density at radius 1 is 1.26 bits per heavy atom. The van der Waals surface area contributed by atoms with Gasteiger partial charge in [0.25, 0.3) is 11.5 Å². The van der Waals surface area contributed by atoms with Gasteiger partial charge >= 0.3 is 0 Å². The van der Waals surface area contributed by atoms with E-state index < -0.39 is 22.8 Å². The Bertz CT molecular complexity index is 1270. The molecule has 0 radical (unpaired) electrons. The lowest BCUT2D eigenvalue weighted by Gasteiger charge is -2.36. The molecule has 2 aromatic heterocycles. The van der Waals surface area contributed by atoms with Crippen LogP contribution >= 0.6 is 0 Å². The molecular weight excluding hydrogens is 401 g/mol. The molecule has 158 valence electrons. The van der Waals surface area contributed by atoms with Crippen molar-refractivity contribution in [1.82, 2.24) is 14.9 Å². The molecule has 0 aliphatic heterocycles. The first-order valence-electron chi connectivity index (χ1n) is 10.2. The average molecular weight is 421 g/mol. The summed E-state index contributed by atoms with van der Waals surface area (Å²) >= 11 is 0. The van der Waals surface area contributed by atoms with Gasteiger partial charge in [0.2, 0.25) is 0 Å². The molecule has 2 aliphatic carbocycles. The Morgan fingerprint density at radius 3 is 2.61 bits per heavy atom. The number of carbonyl (C=O) groups is 2. The minimum atomic E-state index is -0.767. The Morgan fingerprint density at radius 2 is 1.97 bits per heavy atom. The first-order chi connectivity index (χ1) is 14.9. The third-order valence-electron chi connectivity index (χ3n) is 6.39. The van der Waals surface area contributed by atoms with Crippen LogP contribution in [-0.4, -0.2) is 32.9 Å². The van der Waals surface area contributed by atoms with E-state index >= 15 is 0 Å². The summed E-state index contributed by atoms with van der Waals surface area (Å²) < 4.78 is 14.3. The van der Waals surface area contributed by atoms with Crippen LogP contribution in [0.3, 0.4) is 0 Å². The lowest BCUT2D eigenvalue weighted by molar-refractivity contribution is -0.108. The second-order valence-electron chi connectivity index (χ2n) is 8.49. The van der Waals surface area contributed by atoms with Crippen LogP contribution in [0.1, 0.15) is 36.0 Å². The molecule has 1 spiro atoms. The third-order valence-corrected chi connectivity index (χ3v) is 6.39. The smallest absolute Gasteiger partial charge is 0.269 e. The van der Waals surface area contributed by atoms with Crippen molar-refractivity contribution >= 4 is 23.2 Å². The molecule has 0 unspecified atom stereocenters. The zero-order chi connectivity index (χ0) is 21.8. The van der Waals surface area contributed by atoms with Crippen LogP contribution in [0.25, 0.3) is 22.2 Å². The van der Waals surface area contributed by atoms with Crippen LogP contribution in [0.4, 0.5) is 4.39 Å². The van der Waals surface area contributed by atoms with E-state index in [2.05, 4.69) is 10.3 Å². The van der Waals surface area contributed by atoms with Crippen LogP contribution in [0.15, 0.2) is 41.3 Å². The first kappa shape index (κ1) is 19.4. The number of aromatic nitrogens is 2. The number of hydrogen-bond acceptors (Lipinski definition) is 5. The molecule has 1 amide bonds. The number of amides is 1. The van der Waals surface area contributed by atoms with Crippen LogP contribution in [0, 0.1) is 11.2 Å². The minimum Gasteiger partial charge on any atom is -0.506 e. The maximum Gasteiger partial charge on any atom is 0.269 e.